The van der Waals surface area contributed by atoms with E-state index in [2.05, 4.69) is 6.58 Å². The molecule has 0 aromatic rings. The number of amides is 1. The Balaban J connectivity index is 4.12. The third-order valence-corrected chi connectivity index (χ3v) is 2.41. The maximum atomic E-state index is 11.0. The van der Waals surface area contributed by atoms with Crippen molar-refractivity contribution in [2.75, 3.05) is 5.75 Å². The van der Waals surface area contributed by atoms with Crippen molar-refractivity contribution in [3.63, 3.8) is 0 Å². The molecule has 0 aliphatic heterocycles. The molecule has 5 heteroatoms. The first-order chi connectivity index (χ1) is 5.87. The van der Waals surface area contributed by atoms with Gasteiger partial charge in [0, 0.05) is 6.42 Å². The van der Waals surface area contributed by atoms with Crippen molar-refractivity contribution in [2.45, 2.75) is 20.3 Å². The van der Waals surface area contributed by atoms with Crippen molar-refractivity contribution in [3.8, 4) is 0 Å². The maximum absolute atomic E-state index is 11.0. The Morgan fingerprint density at radius 1 is 1.54 bits per heavy atom. The highest BCUT2D eigenvalue weighted by atomic mass is 32.2. The van der Waals surface area contributed by atoms with Gasteiger partial charge < -0.3 is 0 Å². The Morgan fingerprint density at radius 2 is 2.08 bits per heavy atom. The normalized spacial score (nSPS) is 11.3. The van der Waals surface area contributed by atoms with E-state index >= 15 is 0 Å². The van der Waals surface area contributed by atoms with Gasteiger partial charge in [-0.15, -0.1) is 6.58 Å². The first kappa shape index (κ1) is 12.2. The fourth-order valence-corrected chi connectivity index (χ4v) is 1.61. The van der Waals surface area contributed by atoms with E-state index in [0.29, 0.717) is 0 Å². The molecule has 0 fully saturated rings. The molecule has 0 saturated carbocycles. The zero-order valence-electron chi connectivity index (χ0n) is 7.91. The lowest BCUT2D eigenvalue weighted by Crippen LogP contribution is -2.32. The minimum absolute atomic E-state index is 0.152. The van der Waals surface area contributed by atoms with Gasteiger partial charge in [0.25, 0.3) is 0 Å². The van der Waals surface area contributed by atoms with Gasteiger partial charge in [-0.25, -0.2) is 8.42 Å². The van der Waals surface area contributed by atoms with E-state index in [9.17, 15) is 13.2 Å². The van der Waals surface area contributed by atoms with Gasteiger partial charge in [0.15, 0.2) is 0 Å². The second-order valence-electron chi connectivity index (χ2n) is 3.19. The first-order valence-electron chi connectivity index (χ1n) is 4.01. The van der Waals surface area contributed by atoms with Crippen LogP contribution in [-0.2, 0) is 14.8 Å². The van der Waals surface area contributed by atoms with Crippen molar-refractivity contribution in [1.29, 1.82) is 0 Å². The largest absolute Gasteiger partial charge is 0.274 e. The second kappa shape index (κ2) is 5.01. The molecule has 1 amide bonds. The molecule has 0 spiro atoms. The predicted octanol–water partition coefficient (Wildman–Crippen LogP) is 0.664. The molecular weight excluding hydrogens is 190 g/mol. The van der Waals surface area contributed by atoms with E-state index in [0.717, 1.165) is 0 Å². The van der Waals surface area contributed by atoms with E-state index in [4.69, 9.17) is 0 Å². The van der Waals surface area contributed by atoms with Gasteiger partial charge in [-0.05, 0) is 5.92 Å². The van der Waals surface area contributed by atoms with Crippen molar-refractivity contribution < 1.29 is 13.2 Å². The van der Waals surface area contributed by atoms with Crippen LogP contribution in [0.25, 0.3) is 0 Å². The Bertz CT molecular complexity index is 280. The summed E-state index contributed by atoms with van der Waals surface area (Å²) >= 11 is 0. The van der Waals surface area contributed by atoms with Crippen LogP contribution < -0.4 is 4.72 Å². The highest BCUT2D eigenvalue weighted by Gasteiger charge is 2.13. The van der Waals surface area contributed by atoms with Crippen LogP contribution in [0.5, 0.6) is 0 Å². The standard InChI is InChI=1S/C8H15NO3S/c1-4-5-13(11,12)9-8(10)6-7(2)3/h4,7H,1,5-6H2,2-3H3,(H,9,10). The van der Waals surface area contributed by atoms with Crippen LogP contribution in [0, 0.1) is 5.92 Å². The van der Waals surface area contributed by atoms with Crippen molar-refractivity contribution in [1.82, 2.24) is 4.72 Å². The average molecular weight is 205 g/mol. The third-order valence-electron chi connectivity index (χ3n) is 1.20. The number of hydrogen-bond donors (Lipinski definition) is 1. The maximum Gasteiger partial charge on any atom is 0.238 e. The van der Waals surface area contributed by atoms with Crippen molar-refractivity contribution in [3.05, 3.63) is 12.7 Å². The van der Waals surface area contributed by atoms with Crippen molar-refractivity contribution >= 4 is 15.9 Å². The summed E-state index contributed by atoms with van der Waals surface area (Å²) < 4.78 is 24.0. The summed E-state index contributed by atoms with van der Waals surface area (Å²) in [6.45, 7) is 6.98. The molecule has 0 aromatic carbocycles. The van der Waals surface area contributed by atoms with Crippen LogP contribution in [-0.4, -0.2) is 20.1 Å². The van der Waals surface area contributed by atoms with Gasteiger partial charge >= 0.3 is 0 Å². The molecule has 13 heavy (non-hydrogen) atoms. The van der Waals surface area contributed by atoms with E-state index in [1.165, 1.54) is 6.08 Å². The van der Waals surface area contributed by atoms with Crippen LogP contribution in [0.15, 0.2) is 12.7 Å². The van der Waals surface area contributed by atoms with Crippen LogP contribution in [0.3, 0.4) is 0 Å². The van der Waals surface area contributed by atoms with E-state index in [-0.39, 0.29) is 18.1 Å². The molecule has 0 atom stereocenters. The van der Waals surface area contributed by atoms with E-state index < -0.39 is 15.9 Å². The van der Waals surface area contributed by atoms with Crippen molar-refractivity contribution in [2.24, 2.45) is 5.92 Å². The summed E-state index contributed by atoms with van der Waals surface area (Å²) in [5.41, 5.74) is 0. The van der Waals surface area contributed by atoms with Gasteiger partial charge in [0.1, 0.15) is 0 Å². The SMILES string of the molecule is C=CCS(=O)(=O)NC(=O)CC(C)C. The smallest absolute Gasteiger partial charge is 0.238 e. The minimum Gasteiger partial charge on any atom is -0.274 e. The number of rotatable bonds is 5. The van der Waals surface area contributed by atoms with E-state index in [1.54, 1.807) is 0 Å². The molecule has 0 aromatic heterocycles. The summed E-state index contributed by atoms with van der Waals surface area (Å²) in [6.07, 6.45) is 1.46. The molecule has 0 heterocycles. The molecule has 0 saturated heterocycles. The highest BCUT2D eigenvalue weighted by Crippen LogP contribution is 1.99. The second-order valence-corrected chi connectivity index (χ2v) is 4.96. The lowest BCUT2D eigenvalue weighted by Gasteiger charge is -2.06. The Kier molecular flexibility index (Phi) is 4.69. The summed E-state index contributed by atoms with van der Waals surface area (Å²) in [7, 11) is -3.49. The lowest BCUT2D eigenvalue weighted by atomic mass is 10.1. The summed E-state index contributed by atoms with van der Waals surface area (Å²) in [5.74, 6) is -0.535. The molecule has 1 N–H and O–H groups in total. The number of carbonyl (C=O) groups excluding carboxylic acids is 1. The van der Waals surface area contributed by atoms with E-state index in [1.807, 2.05) is 18.6 Å². The molecule has 0 radical (unpaired) electrons. The fourth-order valence-electron chi connectivity index (χ4n) is 0.783. The van der Waals surface area contributed by atoms with Gasteiger partial charge in [-0.1, -0.05) is 19.9 Å². The molecule has 4 nitrogen and oxygen atoms in total. The van der Waals surface area contributed by atoms with Crippen LogP contribution >= 0.6 is 0 Å². The highest BCUT2D eigenvalue weighted by molar-refractivity contribution is 7.90. The molecular formula is C8H15NO3S. The number of nitrogens with one attached hydrogen (secondary N) is 1. The molecule has 0 aliphatic rings. The Labute approximate surface area is 79.1 Å². The predicted molar refractivity (Wildman–Crippen MR) is 51.6 cm³/mol. The number of sulfonamides is 1. The van der Waals surface area contributed by atoms with Gasteiger partial charge in [-0.3, -0.25) is 9.52 Å². The lowest BCUT2D eigenvalue weighted by molar-refractivity contribution is -0.120. The molecule has 0 aliphatic carbocycles. The molecule has 0 bridgehead atoms. The number of hydrogen-bond acceptors (Lipinski definition) is 3. The zero-order chi connectivity index (χ0) is 10.5. The zero-order valence-corrected chi connectivity index (χ0v) is 8.73. The topological polar surface area (TPSA) is 63.2 Å². The summed E-state index contributed by atoms with van der Waals surface area (Å²) in [5, 5.41) is 0. The molecule has 0 rings (SSSR count). The van der Waals surface area contributed by atoms with Crippen LogP contribution in [0.4, 0.5) is 0 Å². The third kappa shape index (κ3) is 6.33. The molecule has 76 valence electrons. The average Bonchev–Trinajstić information content (AvgIpc) is 1.81. The van der Waals surface area contributed by atoms with Crippen LogP contribution in [0.1, 0.15) is 20.3 Å². The van der Waals surface area contributed by atoms with Crippen LogP contribution in [0.2, 0.25) is 0 Å². The molecule has 0 unspecified atom stereocenters. The Morgan fingerprint density at radius 3 is 2.46 bits per heavy atom. The van der Waals surface area contributed by atoms with Gasteiger partial charge in [-0.2, -0.15) is 0 Å². The summed E-state index contributed by atoms with van der Waals surface area (Å²) in [6, 6.07) is 0. The summed E-state index contributed by atoms with van der Waals surface area (Å²) in [4.78, 5) is 11.0. The monoisotopic (exact) mass is 205 g/mol. The quantitative estimate of drug-likeness (QED) is 0.671. The van der Waals surface area contributed by atoms with Gasteiger partial charge in [0.05, 0.1) is 5.75 Å². The number of carbonyl (C=O) groups is 1. The first-order valence-corrected chi connectivity index (χ1v) is 5.67. The van der Waals surface area contributed by atoms with Gasteiger partial charge in [0.2, 0.25) is 15.9 Å². The minimum atomic E-state index is -3.49. The Hall–Kier alpha value is -0.840. The fraction of sp³-hybridized carbons (Fsp3) is 0.625.